The van der Waals surface area contributed by atoms with E-state index in [1.807, 2.05) is 37.3 Å². The van der Waals surface area contributed by atoms with Crippen LogP contribution in [-0.4, -0.2) is 27.1 Å². The van der Waals surface area contributed by atoms with Crippen molar-refractivity contribution in [3.05, 3.63) is 68.0 Å². The smallest absolute Gasteiger partial charge is 0.298 e. The van der Waals surface area contributed by atoms with Gasteiger partial charge in [0.2, 0.25) is 0 Å². The highest BCUT2D eigenvalue weighted by Gasteiger charge is 2.29. The second-order valence-corrected chi connectivity index (χ2v) is 7.26. The van der Waals surface area contributed by atoms with E-state index in [4.69, 9.17) is 0 Å². The summed E-state index contributed by atoms with van der Waals surface area (Å²) in [5, 5.41) is 0. The Kier molecular flexibility index (Phi) is 4.34. The minimum Gasteiger partial charge on any atom is -0.298 e. The fourth-order valence-corrected chi connectivity index (χ4v) is 3.86. The van der Waals surface area contributed by atoms with Crippen LogP contribution in [0, 0.1) is 5.92 Å². The summed E-state index contributed by atoms with van der Waals surface area (Å²) in [4.78, 5) is 28.3. The van der Waals surface area contributed by atoms with Crippen LogP contribution >= 0.6 is 0 Å². The molecule has 0 spiro atoms. The number of hydrogen-bond acceptors (Lipinski definition) is 3. The van der Waals surface area contributed by atoms with Crippen LogP contribution in [0.15, 0.2) is 39.9 Å². The maximum absolute atomic E-state index is 13.1. The molecule has 1 aliphatic carbocycles. The summed E-state index contributed by atoms with van der Waals surface area (Å²) in [5.74, 6) is 0.810. The first-order valence-corrected chi connectivity index (χ1v) is 9.29. The van der Waals surface area contributed by atoms with Crippen molar-refractivity contribution in [3.63, 3.8) is 0 Å². The van der Waals surface area contributed by atoms with Gasteiger partial charge in [-0.05, 0) is 31.2 Å². The molecule has 2 aliphatic rings. The maximum atomic E-state index is 13.1. The predicted molar refractivity (Wildman–Crippen MR) is 97.9 cm³/mol. The molecular formula is C20H25N3O2. The summed E-state index contributed by atoms with van der Waals surface area (Å²) in [5.41, 5.74) is 2.48. The fraction of sp³-hybridized carbons (Fsp3) is 0.500. The highest BCUT2D eigenvalue weighted by Crippen LogP contribution is 2.31. The van der Waals surface area contributed by atoms with E-state index in [1.54, 1.807) is 4.57 Å². The summed E-state index contributed by atoms with van der Waals surface area (Å²) in [6.45, 7) is 5.65. The SMILES string of the molecule is CCn1c2c(c(=O)n(Cc3ccccc3)c1=O)CN(CC1CC1)CC2. The Balaban J connectivity index is 1.74. The van der Waals surface area contributed by atoms with Crippen LogP contribution in [0.3, 0.4) is 0 Å². The van der Waals surface area contributed by atoms with Crippen LogP contribution in [0.25, 0.3) is 0 Å². The van der Waals surface area contributed by atoms with Crippen molar-refractivity contribution in [2.24, 2.45) is 5.92 Å². The summed E-state index contributed by atoms with van der Waals surface area (Å²) in [6, 6.07) is 9.74. The molecule has 0 N–H and O–H groups in total. The topological polar surface area (TPSA) is 47.2 Å². The van der Waals surface area contributed by atoms with Crippen molar-refractivity contribution in [1.29, 1.82) is 0 Å². The Hall–Kier alpha value is -2.14. The van der Waals surface area contributed by atoms with Crippen molar-refractivity contribution in [2.75, 3.05) is 13.1 Å². The molecule has 2 aromatic rings. The zero-order valence-corrected chi connectivity index (χ0v) is 14.8. The summed E-state index contributed by atoms with van der Waals surface area (Å²) < 4.78 is 3.21. The van der Waals surface area contributed by atoms with E-state index in [9.17, 15) is 9.59 Å². The van der Waals surface area contributed by atoms with E-state index >= 15 is 0 Å². The van der Waals surface area contributed by atoms with Gasteiger partial charge >= 0.3 is 5.69 Å². The number of aromatic nitrogens is 2. The first-order chi connectivity index (χ1) is 12.2. The van der Waals surface area contributed by atoms with Crippen molar-refractivity contribution < 1.29 is 0 Å². The molecule has 1 fully saturated rings. The molecule has 132 valence electrons. The molecule has 0 radical (unpaired) electrons. The molecule has 4 rings (SSSR count). The Labute approximate surface area is 147 Å². The normalized spacial score (nSPS) is 17.5. The summed E-state index contributed by atoms with van der Waals surface area (Å²) in [6.07, 6.45) is 3.43. The van der Waals surface area contributed by atoms with Crippen molar-refractivity contribution in [1.82, 2.24) is 14.0 Å². The number of nitrogens with zero attached hydrogens (tertiary/aromatic N) is 3. The third-order valence-electron chi connectivity index (χ3n) is 5.40. The molecule has 0 bridgehead atoms. The average molecular weight is 339 g/mol. The first kappa shape index (κ1) is 16.3. The molecule has 5 nitrogen and oxygen atoms in total. The zero-order chi connectivity index (χ0) is 17.4. The van der Waals surface area contributed by atoms with Crippen molar-refractivity contribution >= 4 is 0 Å². The highest BCUT2D eigenvalue weighted by molar-refractivity contribution is 5.23. The molecule has 0 unspecified atom stereocenters. The number of benzene rings is 1. The highest BCUT2D eigenvalue weighted by atomic mass is 16.2. The molecule has 5 heteroatoms. The van der Waals surface area contributed by atoms with E-state index in [-0.39, 0.29) is 11.2 Å². The van der Waals surface area contributed by atoms with Gasteiger partial charge in [0.05, 0.1) is 12.1 Å². The maximum Gasteiger partial charge on any atom is 0.331 e. The number of hydrogen-bond donors (Lipinski definition) is 0. The zero-order valence-electron chi connectivity index (χ0n) is 14.8. The van der Waals surface area contributed by atoms with Gasteiger partial charge in [-0.1, -0.05) is 30.3 Å². The lowest BCUT2D eigenvalue weighted by atomic mass is 10.1. The second-order valence-electron chi connectivity index (χ2n) is 7.26. The predicted octanol–water partition coefficient (Wildman–Crippen LogP) is 1.85. The fourth-order valence-electron chi connectivity index (χ4n) is 3.86. The van der Waals surface area contributed by atoms with Crippen molar-refractivity contribution in [2.45, 2.75) is 45.8 Å². The number of rotatable bonds is 5. The molecule has 1 aromatic heterocycles. The Bertz CT molecular complexity index is 878. The van der Waals surface area contributed by atoms with Gasteiger partial charge in [-0.3, -0.25) is 18.8 Å². The lowest BCUT2D eigenvalue weighted by Crippen LogP contribution is -2.48. The molecule has 1 aliphatic heterocycles. The molecule has 0 saturated heterocycles. The van der Waals surface area contributed by atoms with Gasteiger partial charge in [0.15, 0.2) is 0 Å². The third-order valence-corrected chi connectivity index (χ3v) is 5.40. The van der Waals surface area contributed by atoms with Crippen LogP contribution in [0.1, 0.15) is 36.6 Å². The molecular weight excluding hydrogens is 314 g/mol. The first-order valence-electron chi connectivity index (χ1n) is 9.29. The number of fused-ring (bicyclic) bond motifs is 1. The largest absolute Gasteiger partial charge is 0.331 e. The van der Waals surface area contributed by atoms with E-state index in [2.05, 4.69) is 4.90 Å². The molecule has 25 heavy (non-hydrogen) atoms. The molecule has 0 atom stereocenters. The van der Waals surface area contributed by atoms with Crippen LogP contribution in [0.4, 0.5) is 0 Å². The van der Waals surface area contributed by atoms with Gasteiger partial charge in [-0.15, -0.1) is 0 Å². The monoisotopic (exact) mass is 339 g/mol. The van der Waals surface area contributed by atoms with E-state index < -0.39 is 0 Å². The van der Waals surface area contributed by atoms with Gasteiger partial charge in [-0.25, -0.2) is 4.79 Å². The van der Waals surface area contributed by atoms with Gasteiger partial charge in [0.1, 0.15) is 0 Å². The van der Waals surface area contributed by atoms with E-state index in [0.717, 1.165) is 42.2 Å². The molecule has 1 aromatic carbocycles. The Morgan fingerprint density at radius 3 is 2.52 bits per heavy atom. The molecule has 0 amide bonds. The third kappa shape index (κ3) is 3.21. The van der Waals surface area contributed by atoms with Gasteiger partial charge < -0.3 is 0 Å². The standard InChI is InChI=1S/C20H25N3O2/c1-2-22-18-10-11-21(12-16-8-9-16)14-17(18)19(24)23(20(22)25)13-15-6-4-3-5-7-15/h3-7,16H,2,8-14H2,1H3. The summed E-state index contributed by atoms with van der Waals surface area (Å²) in [7, 11) is 0. The lowest BCUT2D eigenvalue weighted by molar-refractivity contribution is 0.235. The van der Waals surface area contributed by atoms with E-state index in [1.165, 1.54) is 17.4 Å². The minimum atomic E-state index is -0.175. The lowest BCUT2D eigenvalue weighted by Gasteiger charge is -2.30. The van der Waals surface area contributed by atoms with Crippen LogP contribution < -0.4 is 11.2 Å². The van der Waals surface area contributed by atoms with E-state index in [0.29, 0.717) is 19.6 Å². The van der Waals surface area contributed by atoms with Gasteiger partial charge in [0.25, 0.3) is 5.56 Å². The Morgan fingerprint density at radius 1 is 1.08 bits per heavy atom. The second kappa shape index (κ2) is 6.64. The van der Waals surface area contributed by atoms with Gasteiger partial charge in [-0.2, -0.15) is 0 Å². The minimum absolute atomic E-state index is 0.103. The van der Waals surface area contributed by atoms with Gasteiger partial charge in [0, 0.05) is 38.3 Å². The van der Waals surface area contributed by atoms with Crippen LogP contribution in [-0.2, 0) is 26.1 Å². The quantitative estimate of drug-likeness (QED) is 0.835. The summed E-state index contributed by atoms with van der Waals surface area (Å²) >= 11 is 0. The average Bonchev–Trinajstić information content (AvgIpc) is 3.44. The molecule has 1 saturated carbocycles. The molecule has 2 heterocycles. The van der Waals surface area contributed by atoms with Crippen LogP contribution in [0.5, 0.6) is 0 Å². The van der Waals surface area contributed by atoms with Crippen LogP contribution in [0.2, 0.25) is 0 Å². The van der Waals surface area contributed by atoms with Crippen molar-refractivity contribution in [3.8, 4) is 0 Å². The Morgan fingerprint density at radius 2 is 1.84 bits per heavy atom.